The summed E-state index contributed by atoms with van der Waals surface area (Å²) in [5, 5.41) is 21.3. The molecule has 2 rings (SSSR count). The molecule has 1 atom stereocenters. The molecule has 1 heterocycles. The van der Waals surface area contributed by atoms with Crippen LogP contribution in [-0.4, -0.2) is 18.0 Å². The van der Waals surface area contributed by atoms with Crippen molar-refractivity contribution in [1.29, 1.82) is 0 Å². The fourth-order valence-corrected chi connectivity index (χ4v) is 2.72. The normalized spacial score (nSPS) is 11.9. The van der Waals surface area contributed by atoms with E-state index >= 15 is 0 Å². The second-order valence-corrected chi connectivity index (χ2v) is 5.44. The lowest BCUT2D eigenvalue weighted by atomic mass is 10.1. The lowest BCUT2D eigenvalue weighted by Crippen LogP contribution is -2.17. The average molecular weight is 291 g/mol. The van der Waals surface area contributed by atoms with Gasteiger partial charge in [-0.3, -0.25) is 10.1 Å². The summed E-state index contributed by atoms with van der Waals surface area (Å²) in [6.45, 7) is 2.07. The fourth-order valence-electron chi connectivity index (χ4n) is 2.04. The summed E-state index contributed by atoms with van der Waals surface area (Å²) >= 11 is 1.67. The number of non-ortho nitro benzene ring substituents is 1. The van der Waals surface area contributed by atoms with Crippen LogP contribution >= 0.6 is 11.3 Å². The molecule has 106 valence electrons. The summed E-state index contributed by atoms with van der Waals surface area (Å²) in [4.78, 5) is 10.5. The number of hydrogen-bond donors (Lipinski definition) is 2. The van der Waals surface area contributed by atoms with Crippen molar-refractivity contribution in [2.75, 3.05) is 17.7 Å². The molecule has 0 amide bonds. The zero-order valence-electron chi connectivity index (χ0n) is 11.4. The van der Waals surface area contributed by atoms with Crippen LogP contribution in [0.15, 0.2) is 35.0 Å². The molecule has 1 aromatic heterocycles. The predicted octanol–water partition coefficient (Wildman–Crippen LogP) is 3.74. The molecular formula is C14H17N3O2S. The number of thiophene rings is 1. The number of nitrogens with one attached hydrogen (secondary N) is 2. The summed E-state index contributed by atoms with van der Waals surface area (Å²) < 4.78 is 0. The van der Waals surface area contributed by atoms with Crippen LogP contribution in [0.5, 0.6) is 0 Å². The maximum absolute atomic E-state index is 10.9. The molecule has 6 heteroatoms. The number of nitro groups is 1. The molecule has 0 radical (unpaired) electrons. The highest BCUT2D eigenvalue weighted by Gasteiger charge is 2.11. The van der Waals surface area contributed by atoms with Crippen LogP contribution in [0.2, 0.25) is 0 Å². The van der Waals surface area contributed by atoms with E-state index in [0.717, 1.165) is 17.8 Å². The first-order valence-corrected chi connectivity index (χ1v) is 7.27. The molecule has 0 bridgehead atoms. The summed E-state index contributed by atoms with van der Waals surface area (Å²) in [6.07, 6.45) is 0.890. The topological polar surface area (TPSA) is 67.2 Å². The Kier molecular flexibility index (Phi) is 4.57. The highest BCUT2D eigenvalue weighted by Crippen LogP contribution is 2.25. The standard InChI is InChI=1S/C14H17N3O2S/c1-10(5-11-3-4-20-9-11)16-13-6-12(15-2)7-14(8-13)17(18)19/h3-4,6-10,15-16H,5H2,1-2H3. The minimum absolute atomic E-state index is 0.0853. The van der Waals surface area contributed by atoms with Gasteiger partial charge in [-0.15, -0.1) is 0 Å². The first kappa shape index (κ1) is 14.3. The van der Waals surface area contributed by atoms with E-state index in [1.807, 2.05) is 6.07 Å². The van der Waals surface area contributed by atoms with Crippen molar-refractivity contribution in [3.05, 3.63) is 50.7 Å². The Hall–Kier alpha value is -2.08. The third kappa shape index (κ3) is 3.71. The minimum atomic E-state index is -0.379. The Labute approximate surface area is 121 Å². The van der Waals surface area contributed by atoms with Gasteiger partial charge >= 0.3 is 0 Å². The van der Waals surface area contributed by atoms with E-state index in [9.17, 15) is 10.1 Å². The number of hydrogen-bond acceptors (Lipinski definition) is 5. The first-order chi connectivity index (χ1) is 9.58. The molecule has 0 saturated heterocycles. The molecule has 0 saturated carbocycles. The van der Waals surface area contributed by atoms with E-state index in [4.69, 9.17) is 0 Å². The van der Waals surface area contributed by atoms with Crippen molar-refractivity contribution in [2.45, 2.75) is 19.4 Å². The van der Waals surface area contributed by atoms with Crippen molar-refractivity contribution in [3.8, 4) is 0 Å². The van der Waals surface area contributed by atoms with Gasteiger partial charge in [-0.2, -0.15) is 11.3 Å². The molecule has 2 N–H and O–H groups in total. The Morgan fingerprint density at radius 2 is 2.10 bits per heavy atom. The van der Waals surface area contributed by atoms with Gasteiger partial charge in [-0.25, -0.2) is 0 Å². The molecule has 1 aromatic carbocycles. The predicted molar refractivity (Wildman–Crippen MR) is 83.8 cm³/mol. The molecule has 1 unspecified atom stereocenters. The van der Waals surface area contributed by atoms with Gasteiger partial charge in [0.2, 0.25) is 0 Å². The second-order valence-electron chi connectivity index (χ2n) is 4.66. The van der Waals surface area contributed by atoms with E-state index in [1.54, 1.807) is 24.5 Å². The monoisotopic (exact) mass is 291 g/mol. The van der Waals surface area contributed by atoms with Crippen LogP contribution in [-0.2, 0) is 6.42 Å². The van der Waals surface area contributed by atoms with Crippen molar-refractivity contribution in [2.24, 2.45) is 0 Å². The number of nitrogens with zero attached hydrogens (tertiary/aromatic N) is 1. The molecular weight excluding hydrogens is 274 g/mol. The molecule has 0 fully saturated rings. The maximum atomic E-state index is 10.9. The van der Waals surface area contributed by atoms with Crippen molar-refractivity contribution < 1.29 is 4.92 Å². The SMILES string of the molecule is CNc1cc(NC(C)Cc2ccsc2)cc([N+](=O)[O-])c1. The number of nitro benzene ring substituents is 1. The largest absolute Gasteiger partial charge is 0.388 e. The lowest BCUT2D eigenvalue weighted by molar-refractivity contribution is -0.384. The van der Waals surface area contributed by atoms with Crippen molar-refractivity contribution in [3.63, 3.8) is 0 Å². The maximum Gasteiger partial charge on any atom is 0.273 e. The third-order valence-corrected chi connectivity index (χ3v) is 3.68. The Balaban J connectivity index is 2.11. The zero-order chi connectivity index (χ0) is 14.5. The first-order valence-electron chi connectivity index (χ1n) is 6.33. The van der Waals surface area contributed by atoms with Gasteiger partial charge in [-0.1, -0.05) is 0 Å². The molecule has 2 aromatic rings. The average Bonchev–Trinajstić information content (AvgIpc) is 2.90. The Morgan fingerprint density at radius 1 is 1.35 bits per heavy atom. The molecule has 0 spiro atoms. The zero-order valence-corrected chi connectivity index (χ0v) is 12.2. The van der Waals surface area contributed by atoms with E-state index in [1.165, 1.54) is 11.6 Å². The second kappa shape index (κ2) is 6.38. The van der Waals surface area contributed by atoms with E-state index < -0.39 is 0 Å². The molecule has 0 aliphatic carbocycles. The van der Waals surface area contributed by atoms with Gasteiger partial charge in [0, 0.05) is 36.6 Å². The van der Waals surface area contributed by atoms with Crippen LogP contribution < -0.4 is 10.6 Å². The fraction of sp³-hybridized carbons (Fsp3) is 0.286. The van der Waals surface area contributed by atoms with Gasteiger partial charge in [0.05, 0.1) is 4.92 Å². The van der Waals surface area contributed by atoms with Crippen LogP contribution in [0, 0.1) is 10.1 Å². The van der Waals surface area contributed by atoms with E-state index in [2.05, 4.69) is 34.4 Å². The quantitative estimate of drug-likeness (QED) is 0.628. The number of rotatable bonds is 6. The van der Waals surface area contributed by atoms with Gasteiger partial charge in [0.15, 0.2) is 0 Å². The number of anilines is 2. The Bertz CT molecular complexity index is 584. The smallest absolute Gasteiger partial charge is 0.273 e. The van der Waals surface area contributed by atoms with Gasteiger partial charge < -0.3 is 10.6 Å². The number of benzene rings is 1. The summed E-state index contributed by atoms with van der Waals surface area (Å²) in [5.74, 6) is 0. The van der Waals surface area contributed by atoms with E-state index in [0.29, 0.717) is 0 Å². The third-order valence-electron chi connectivity index (χ3n) is 2.95. The summed E-state index contributed by atoms with van der Waals surface area (Å²) in [7, 11) is 1.75. The Morgan fingerprint density at radius 3 is 2.70 bits per heavy atom. The summed E-state index contributed by atoms with van der Waals surface area (Å²) in [5.41, 5.74) is 2.84. The van der Waals surface area contributed by atoms with Gasteiger partial charge in [-0.05, 0) is 41.8 Å². The minimum Gasteiger partial charge on any atom is -0.388 e. The molecule has 0 aliphatic heterocycles. The summed E-state index contributed by atoms with van der Waals surface area (Å²) in [6, 6.07) is 7.25. The molecule has 5 nitrogen and oxygen atoms in total. The van der Waals surface area contributed by atoms with Crippen LogP contribution in [0.3, 0.4) is 0 Å². The molecule has 0 aliphatic rings. The van der Waals surface area contributed by atoms with E-state index in [-0.39, 0.29) is 16.7 Å². The van der Waals surface area contributed by atoms with Crippen LogP contribution in [0.25, 0.3) is 0 Å². The van der Waals surface area contributed by atoms with Crippen LogP contribution in [0.1, 0.15) is 12.5 Å². The van der Waals surface area contributed by atoms with Gasteiger partial charge in [0.1, 0.15) is 0 Å². The van der Waals surface area contributed by atoms with Crippen molar-refractivity contribution >= 4 is 28.4 Å². The van der Waals surface area contributed by atoms with Crippen molar-refractivity contribution in [1.82, 2.24) is 0 Å². The lowest BCUT2D eigenvalue weighted by Gasteiger charge is -2.15. The van der Waals surface area contributed by atoms with Crippen LogP contribution in [0.4, 0.5) is 17.1 Å². The highest BCUT2D eigenvalue weighted by atomic mass is 32.1. The van der Waals surface area contributed by atoms with Gasteiger partial charge in [0.25, 0.3) is 5.69 Å². The molecule has 20 heavy (non-hydrogen) atoms. The highest BCUT2D eigenvalue weighted by molar-refractivity contribution is 7.07.